The number of amidine groups is 1. The number of aliphatic imine (C=N–C) groups is 2. The molecule has 34 heavy (non-hydrogen) atoms. The van der Waals surface area contributed by atoms with E-state index in [0.29, 0.717) is 46.3 Å². The zero-order valence-electron chi connectivity index (χ0n) is 18.3. The third-order valence-electron chi connectivity index (χ3n) is 5.40. The van der Waals surface area contributed by atoms with Crippen LogP contribution in [0.2, 0.25) is 5.02 Å². The molecule has 1 fully saturated rings. The van der Waals surface area contributed by atoms with E-state index in [4.69, 9.17) is 26.3 Å². The molecule has 11 heteroatoms. The molecule has 0 atom stereocenters. The van der Waals surface area contributed by atoms with Crippen molar-refractivity contribution in [3.63, 3.8) is 0 Å². The number of fused-ring (bicyclic) bond motifs is 1. The quantitative estimate of drug-likeness (QED) is 0.435. The van der Waals surface area contributed by atoms with Crippen LogP contribution in [-0.2, 0) is 13.0 Å². The summed E-state index contributed by atoms with van der Waals surface area (Å²) in [5.74, 6) is 1.52. The summed E-state index contributed by atoms with van der Waals surface area (Å²) in [7, 11) is 1.57. The first-order chi connectivity index (χ1) is 16.5. The van der Waals surface area contributed by atoms with Crippen LogP contribution >= 0.6 is 11.6 Å². The zero-order chi connectivity index (χ0) is 23.7. The number of methoxy groups -OCH3 is 1. The highest BCUT2D eigenvalue weighted by atomic mass is 35.5. The van der Waals surface area contributed by atoms with Gasteiger partial charge < -0.3 is 20.1 Å². The molecule has 0 radical (unpaired) electrons. The average molecular weight is 480 g/mol. The second-order valence-corrected chi connectivity index (χ2v) is 8.46. The Bertz CT molecular complexity index is 1480. The van der Waals surface area contributed by atoms with Crippen molar-refractivity contribution in [1.29, 1.82) is 0 Å². The van der Waals surface area contributed by atoms with Crippen LogP contribution in [0.15, 0.2) is 50.4 Å². The second-order valence-electron chi connectivity index (χ2n) is 8.05. The Hall–Kier alpha value is -3.92. The fraction of sp³-hybridized carbons (Fsp3) is 0.261. The van der Waals surface area contributed by atoms with Crippen LogP contribution in [0.4, 0.5) is 0 Å². The molecule has 1 aromatic carbocycles. The molecule has 1 aliphatic heterocycles. The van der Waals surface area contributed by atoms with Crippen LogP contribution in [-0.4, -0.2) is 45.0 Å². The number of aromatic hydroxyl groups is 1. The van der Waals surface area contributed by atoms with Crippen LogP contribution in [0.1, 0.15) is 29.7 Å². The number of pyridine rings is 1. The molecule has 2 aliphatic rings. The van der Waals surface area contributed by atoms with Crippen LogP contribution < -0.4 is 26.3 Å². The van der Waals surface area contributed by atoms with Gasteiger partial charge in [0.2, 0.25) is 11.8 Å². The van der Waals surface area contributed by atoms with E-state index < -0.39 is 5.69 Å². The zero-order valence-corrected chi connectivity index (χ0v) is 19.1. The van der Waals surface area contributed by atoms with Gasteiger partial charge in [0.15, 0.2) is 0 Å². The standard InChI is InChI=1S/C23H22ClN7O3/c1-34-18-5-2-12(6-16(18)24)9-26-22-29-19(27-15-3-4-15)8-14-11-25-10-13(20(14)30-22)7-17-21(32)31-23(33)28-17/h2,5-7,10-11,15,32H,3-4,8-9H2,1H3,(H,26,27,29)(H2,28,31,33)/b13-7+. The number of hydrogen-bond acceptors (Lipinski definition) is 6. The number of H-pyrrole nitrogens is 2. The van der Waals surface area contributed by atoms with E-state index in [9.17, 15) is 9.90 Å². The lowest BCUT2D eigenvalue weighted by Crippen LogP contribution is -2.31. The number of aromatic amines is 2. The summed E-state index contributed by atoms with van der Waals surface area (Å²) in [4.78, 5) is 34.9. The first-order valence-electron chi connectivity index (χ1n) is 10.7. The van der Waals surface area contributed by atoms with Gasteiger partial charge in [0, 0.05) is 29.6 Å². The van der Waals surface area contributed by atoms with Gasteiger partial charge in [-0.15, -0.1) is 0 Å². The monoisotopic (exact) mass is 479 g/mol. The Labute approximate surface area is 198 Å². The Morgan fingerprint density at radius 2 is 2.15 bits per heavy atom. The van der Waals surface area contributed by atoms with Crippen molar-refractivity contribution in [3.05, 3.63) is 73.5 Å². The molecule has 0 amide bonds. The predicted molar refractivity (Wildman–Crippen MR) is 128 cm³/mol. The first kappa shape index (κ1) is 21.9. The molecular weight excluding hydrogens is 458 g/mol. The highest BCUT2D eigenvalue weighted by molar-refractivity contribution is 6.32. The fourth-order valence-corrected chi connectivity index (χ4v) is 3.85. The van der Waals surface area contributed by atoms with Crippen LogP contribution in [0.25, 0.3) is 6.08 Å². The van der Waals surface area contributed by atoms with Crippen molar-refractivity contribution < 1.29 is 9.84 Å². The Kier molecular flexibility index (Phi) is 5.89. The molecule has 174 valence electrons. The second kappa shape index (κ2) is 9.14. The largest absolute Gasteiger partial charge is 0.495 e. The third kappa shape index (κ3) is 4.86. The Balaban J connectivity index is 1.59. The first-order valence-corrected chi connectivity index (χ1v) is 11.1. The van der Waals surface area contributed by atoms with Crippen LogP contribution in [0, 0.1) is 0 Å². The van der Waals surface area contributed by atoms with Gasteiger partial charge in [0.1, 0.15) is 17.3 Å². The van der Waals surface area contributed by atoms with E-state index >= 15 is 0 Å². The number of hydrogen-bond donors (Lipinski definition) is 4. The fourth-order valence-electron chi connectivity index (χ4n) is 3.57. The Morgan fingerprint density at radius 1 is 1.29 bits per heavy atom. The van der Waals surface area contributed by atoms with Crippen molar-refractivity contribution in [2.75, 3.05) is 7.11 Å². The molecule has 0 unspecified atom stereocenters. The molecule has 4 N–H and O–H groups in total. The highest BCUT2D eigenvalue weighted by Gasteiger charge is 2.23. The molecule has 1 saturated carbocycles. The van der Waals surface area contributed by atoms with E-state index in [1.807, 2.05) is 12.1 Å². The van der Waals surface area contributed by atoms with Crippen molar-refractivity contribution in [2.24, 2.45) is 15.0 Å². The number of rotatable bonds is 5. The van der Waals surface area contributed by atoms with Crippen molar-refractivity contribution >= 4 is 29.5 Å². The predicted octanol–water partition coefficient (Wildman–Crippen LogP) is 1.18. The molecule has 3 heterocycles. The van der Waals surface area contributed by atoms with E-state index in [1.165, 1.54) is 0 Å². The number of benzene rings is 1. The molecule has 10 nitrogen and oxygen atoms in total. The lowest BCUT2D eigenvalue weighted by molar-refractivity contribution is 0.415. The highest BCUT2D eigenvalue weighted by Crippen LogP contribution is 2.25. The minimum absolute atomic E-state index is 0.242. The summed E-state index contributed by atoms with van der Waals surface area (Å²) >= 11 is 6.25. The van der Waals surface area contributed by atoms with E-state index in [2.05, 4.69) is 25.3 Å². The molecule has 2 aromatic heterocycles. The maximum atomic E-state index is 11.5. The van der Waals surface area contributed by atoms with Crippen molar-refractivity contribution in [2.45, 2.75) is 31.8 Å². The third-order valence-corrected chi connectivity index (χ3v) is 5.70. The number of aromatic nitrogens is 3. The molecule has 0 saturated heterocycles. The number of nitrogens with one attached hydrogen (secondary N) is 3. The van der Waals surface area contributed by atoms with Gasteiger partial charge in [0.05, 0.1) is 30.1 Å². The maximum Gasteiger partial charge on any atom is 0.326 e. The molecule has 0 bridgehead atoms. The number of imidazole rings is 1. The molecule has 1 aliphatic carbocycles. The summed E-state index contributed by atoms with van der Waals surface area (Å²) in [5.41, 5.74) is 1.50. The lowest BCUT2D eigenvalue weighted by atomic mass is 10.1. The van der Waals surface area contributed by atoms with Crippen LogP contribution in [0.5, 0.6) is 11.6 Å². The van der Waals surface area contributed by atoms with Gasteiger partial charge in [-0.05, 0) is 36.6 Å². The van der Waals surface area contributed by atoms with Crippen molar-refractivity contribution in [3.8, 4) is 11.6 Å². The van der Waals surface area contributed by atoms with Crippen LogP contribution in [0.3, 0.4) is 0 Å². The van der Waals surface area contributed by atoms with Gasteiger partial charge in [-0.1, -0.05) is 17.7 Å². The molecule has 0 spiro atoms. The van der Waals surface area contributed by atoms with E-state index in [0.717, 1.165) is 29.8 Å². The summed E-state index contributed by atoms with van der Waals surface area (Å²) in [6, 6.07) is 5.82. The molecular formula is C23H22ClN7O3. The van der Waals surface area contributed by atoms with Gasteiger partial charge in [-0.2, -0.15) is 0 Å². The summed E-state index contributed by atoms with van der Waals surface area (Å²) in [5, 5.41) is 15.0. The average Bonchev–Trinajstić information content (AvgIpc) is 3.59. The van der Waals surface area contributed by atoms with Gasteiger partial charge in [-0.25, -0.2) is 14.8 Å². The Morgan fingerprint density at radius 3 is 2.85 bits per heavy atom. The summed E-state index contributed by atoms with van der Waals surface area (Å²) < 4.78 is 5.21. The minimum atomic E-state index is -0.503. The molecule has 5 rings (SSSR count). The number of ether oxygens (including phenoxy) is 1. The van der Waals surface area contributed by atoms with E-state index in [1.54, 1.807) is 31.6 Å². The molecule has 3 aromatic rings. The SMILES string of the molecule is COc1ccc(CN=C2N=c3c(cnc/c3=C\c3[nH]c(=O)[nH]c3O)CC(=NC3CC3)N2)cc1Cl. The minimum Gasteiger partial charge on any atom is -0.495 e. The van der Waals surface area contributed by atoms with E-state index in [-0.39, 0.29) is 11.6 Å². The maximum absolute atomic E-state index is 11.5. The normalized spacial score (nSPS) is 18.4. The van der Waals surface area contributed by atoms with Gasteiger partial charge in [0.25, 0.3) is 0 Å². The van der Waals surface area contributed by atoms with Gasteiger partial charge >= 0.3 is 5.69 Å². The number of nitrogens with zero attached hydrogens (tertiary/aromatic N) is 4. The van der Waals surface area contributed by atoms with Crippen molar-refractivity contribution in [1.82, 2.24) is 20.3 Å². The summed E-state index contributed by atoms with van der Waals surface area (Å²) in [6.07, 6.45) is 7.62. The smallest absolute Gasteiger partial charge is 0.326 e. The lowest BCUT2D eigenvalue weighted by Gasteiger charge is -2.07. The summed E-state index contributed by atoms with van der Waals surface area (Å²) in [6.45, 7) is 0.345. The van der Waals surface area contributed by atoms with Gasteiger partial charge in [-0.3, -0.25) is 15.0 Å². The topological polar surface area (TPSA) is 140 Å². The number of halogens is 1. The number of guanidine groups is 1.